The quantitative estimate of drug-likeness (QED) is 0.587. The zero-order valence-corrected chi connectivity index (χ0v) is 19.5. The summed E-state index contributed by atoms with van der Waals surface area (Å²) in [4.78, 5) is 19.3. The largest absolute Gasteiger partial charge is 0.489 e. The summed E-state index contributed by atoms with van der Waals surface area (Å²) in [6.07, 6.45) is 3.62. The SMILES string of the molecule is CC(C)Oc1ccccc1N(C)CCN(C)Cc1cccc(C(=O)N2CCCCC2)c1. The smallest absolute Gasteiger partial charge is 0.253 e. The summed E-state index contributed by atoms with van der Waals surface area (Å²) in [7, 11) is 4.23. The molecule has 0 unspecified atom stereocenters. The van der Waals surface area contributed by atoms with Gasteiger partial charge in [0.2, 0.25) is 0 Å². The Morgan fingerprint density at radius 2 is 1.74 bits per heavy atom. The molecule has 0 bridgehead atoms. The lowest BCUT2D eigenvalue weighted by atomic mass is 10.1. The summed E-state index contributed by atoms with van der Waals surface area (Å²) >= 11 is 0. The van der Waals surface area contributed by atoms with Gasteiger partial charge in [-0.05, 0) is 70.0 Å². The van der Waals surface area contributed by atoms with Crippen LogP contribution in [-0.2, 0) is 6.54 Å². The monoisotopic (exact) mass is 423 g/mol. The molecular formula is C26H37N3O2. The molecule has 1 heterocycles. The van der Waals surface area contributed by atoms with Crippen LogP contribution < -0.4 is 9.64 Å². The zero-order chi connectivity index (χ0) is 22.2. The summed E-state index contributed by atoms with van der Waals surface area (Å²) in [6.45, 7) is 8.50. The summed E-state index contributed by atoms with van der Waals surface area (Å²) in [5, 5.41) is 0. The van der Waals surface area contributed by atoms with Crippen molar-refractivity contribution < 1.29 is 9.53 Å². The Bertz CT molecular complexity index is 846. The molecule has 3 rings (SSSR count). The highest BCUT2D eigenvalue weighted by Gasteiger charge is 2.18. The summed E-state index contributed by atoms with van der Waals surface area (Å²) in [5.74, 6) is 1.09. The fourth-order valence-electron chi connectivity index (χ4n) is 4.04. The van der Waals surface area contributed by atoms with Crippen LogP contribution in [0.15, 0.2) is 48.5 Å². The van der Waals surface area contributed by atoms with E-state index in [1.165, 1.54) is 12.0 Å². The van der Waals surface area contributed by atoms with Gasteiger partial charge in [0.15, 0.2) is 0 Å². The van der Waals surface area contributed by atoms with E-state index in [1.54, 1.807) is 0 Å². The van der Waals surface area contributed by atoms with Gasteiger partial charge in [-0.15, -0.1) is 0 Å². The van der Waals surface area contributed by atoms with Crippen LogP contribution in [0, 0.1) is 0 Å². The first kappa shape index (κ1) is 23.1. The molecule has 5 heteroatoms. The van der Waals surface area contributed by atoms with Gasteiger partial charge >= 0.3 is 0 Å². The number of hydrogen-bond acceptors (Lipinski definition) is 4. The van der Waals surface area contributed by atoms with E-state index < -0.39 is 0 Å². The Morgan fingerprint density at radius 1 is 1.00 bits per heavy atom. The van der Waals surface area contributed by atoms with Gasteiger partial charge in [0.05, 0.1) is 11.8 Å². The third kappa shape index (κ3) is 6.73. The van der Waals surface area contributed by atoms with Crippen LogP contribution in [0.1, 0.15) is 49.0 Å². The van der Waals surface area contributed by atoms with E-state index in [9.17, 15) is 4.79 Å². The number of ether oxygens (including phenoxy) is 1. The first-order chi connectivity index (χ1) is 14.9. The van der Waals surface area contributed by atoms with Crippen molar-refractivity contribution in [3.63, 3.8) is 0 Å². The van der Waals surface area contributed by atoms with Crippen LogP contribution in [0.4, 0.5) is 5.69 Å². The molecule has 0 N–H and O–H groups in total. The van der Waals surface area contributed by atoms with Gasteiger partial charge < -0.3 is 19.4 Å². The minimum atomic E-state index is 0.150. The second-order valence-electron chi connectivity index (χ2n) is 8.85. The Morgan fingerprint density at radius 3 is 2.48 bits per heavy atom. The third-order valence-corrected chi connectivity index (χ3v) is 5.73. The number of amides is 1. The van der Waals surface area contributed by atoms with Gasteiger partial charge in [-0.25, -0.2) is 0 Å². The average molecular weight is 424 g/mol. The highest BCUT2D eigenvalue weighted by atomic mass is 16.5. The molecule has 168 valence electrons. The summed E-state index contributed by atoms with van der Waals surface area (Å²) < 4.78 is 5.96. The molecule has 31 heavy (non-hydrogen) atoms. The Kier molecular flexibility index (Phi) is 8.35. The molecule has 1 saturated heterocycles. The van der Waals surface area contributed by atoms with E-state index >= 15 is 0 Å². The maximum atomic E-state index is 12.8. The highest BCUT2D eigenvalue weighted by molar-refractivity contribution is 5.94. The molecule has 0 atom stereocenters. The molecule has 1 amide bonds. The van der Waals surface area contributed by atoms with Crippen LogP contribution in [0.25, 0.3) is 0 Å². The van der Waals surface area contributed by atoms with Crippen molar-refractivity contribution in [2.24, 2.45) is 0 Å². The Hall–Kier alpha value is -2.53. The molecule has 1 aliphatic heterocycles. The lowest BCUT2D eigenvalue weighted by molar-refractivity contribution is 0.0724. The van der Waals surface area contributed by atoms with Crippen molar-refractivity contribution in [1.29, 1.82) is 0 Å². The van der Waals surface area contributed by atoms with Crippen molar-refractivity contribution >= 4 is 11.6 Å². The fraction of sp³-hybridized carbons (Fsp3) is 0.500. The molecule has 0 aliphatic carbocycles. The van der Waals surface area contributed by atoms with Crippen LogP contribution in [0.5, 0.6) is 5.75 Å². The fourth-order valence-corrected chi connectivity index (χ4v) is 4.04. The third-order valence-electron chi connectivity index (χ3n) is 5.73. The van der Waals surface area contributed by atoms with Gasteiger partial charge in [0.25, 0.3) is 5.91 Å². The van der Waals surface area contributed by atoms with E-state index in [-0.39, 0.29) is 12.0 Å². The summed E-state index contributed by atoms with van der Waals surface area (Å²) in [5.41, 5.74) is 3.10. The number of piperidine rings is 1. The molecule has 0 aromatic heterocycles. The minimum Gasteiger partial charge on any atom is -0.489 e. The average Bonchev–Trinajstić information content (AvgIpc) is 2.77. The second kappa shape index (κ2) is 11.2. The number of likely N-dealkylation sites (tertiary alicyclic amines) is 1. The van der Waals surface area contributed by atoms with Crippen LogP contribution in [0.2, 0.25) is 0 Å². The normalized spacial score (nSPS) is 14.2. The number of rotatable bonds is 9. The molecule has 0 spiro atoms. The van der Waals surface area contributed by atoms with Crippen LogP contribution >= 0.6 is 0 Å². The lowest BCUT2D eigenvalue weighted by Crippen LogP contribution is -2.35. The standard InChI is InChI=1S/C26H37N3O2/c1-21(2)31-25-14-7-6-13-24(25)28(4)18-17-27(3)20-22-11-10-12-23(19-22)26(30)29-15-8-5-9-16-29/h6-7,10-14,19,21H,5,8-9,15-18,20H2,1-4H3. The predicted octanol–water partition coefficient (Wildman–Crippen LogP) is 4.67. The van der Waals surface area contributed by atoms with Gasteiger partial charge in [-0.2, -0.15) is 0 Å². The van der Waals surface area contributed by atoms with Crippen molar-refractivity contribution in [3.05, 3.63) is 59.7 Å². The number of carbonyl (C=O) groups is 1. The zero-order valence-electron chi connectivity index (χ0n) is 19.5. The molecular weight excluding hydrogens is 386 g/mol. The molecule has 5 nitrogen and oxygen atoms in total. The predicted molar refractivity (Wildman–Crippen MR) is 128 cm³/mol. The lowest BCUT2D eigenvalue weighted by Gasteiger charge is -2.27. The topological polar surface area (TPSA) is 36.0 Å². The van der Waals surface area contributed by atoms with Crippen LogP contribution in [0.3, 0.4) is 0 Å². The molecule has 1 fully saturated rings. The molecule has 2 aromatic carbocycles. The first-order valence-corrected chi connectivity index (χ1v) is 11.5. The van der Waals surface area contributed by atoms with Gasteiger partial charge in [-0.3, -0.25) is 4.79 Å². The molecule has 1 aliphatic rings. The van der Waals surface area contributed by atoms with E-state index in [0.717, 1.165) is 62.6 Å². The Balaban J connectivity index is 1.55. The van der Waals surface area contributed by atoms with Crippen molar-refractivity contribution in [2.75, 3.05) is 45.2 Å². The van der Waals surface area contributed by atoms with Gasteiger partial charge in [-0.1, -0.05) is 24.3 Å². The van der Waals surface area contributed by atoms with Gasteiger partial charge in [0.1, 0.15) is 5.75 Å². The van der Waals surface area contributed by atoms with E-state index in [1.807, 2.05) is 35.2 Å². The number of para-hydroxylation sites is 2. The maximum absolute atomic E-state index is 12.8. The maximum Gasteiger partial charge on any atom is 0.253 e. The Labute approximate surface area is 187 Å². The number of anilines is 1. The van der Waals surface area contributed by atoms with Gasteiger partial charge in [0, 0.05) is 45.3 Å². The second-order valence-corrected chi connectivity index (χ2v) is 8.85. The van der Waals surface area contributed by atoms with Crippen LogP contribution in [-0.4, -0.2) is 62.1 Å². The first-order valence-electron chi connectivity index (χ1n) is 11.5. The molecule has 0 radical (unpaired) electrons. The number of likely N-dealkylation sites (N-methyl/N-ethyl adjacent to an activating group) is 2. The molecule has 2 aromatic rings. The highest BCUT2D eigenvalue weighted by Crippen LogP contribution is 2.27. The number of hydrogen-bond donors (Lipinski definition) is 0. The van der Waals surface area contributed by atoms with Crippen molar-refractivity contribution in [1.82, 2.24) is 9.80 Å². The summed E-state index contributed by atoms with van der Waals surface area (Å²) in [6, 6.07) is 16.3. The van der Waals surface area contributed by atoms with Crippen molar-refractivity contribution in [2.45, 2.75) is 45.8 Å². The van der Waals surface area contributed by atoms with E-state index in [2.05, 4.69) is 55.9 Å². The van der Waals surface area contributed by atoms with E-state index in [4.69, 9.17) is 4.74 Å². The van der Waals surface area contributed by atoms with Crippen molar-refractivity contribution in [3.8, 4) is 5.75 Å². The molecule has 0 saturated carbocycles. The number of nitrogens with zero attached hydrogens (tertiary/aromatic N) is 3. The number of benzene rings is 2. The minimum absolute atomic E-state index is 0.150. The van der Waals surface area contributed by atoms with E-state index in [0.29, 0.717) is 0 Å². The number of carbonyl (C=O) groups excluding carboxylic acids is 1.